The second-order valence-electron chi connectivity index (χ2n) is 6.17. The SMILES string of the molecule is CCCCC=C([C@@H](O)[C@@H](Cl)CCCC)S(=O)(=O)c1ccc(C)cc1. The van der Waals surface area contributed by atoms with Crippen LogP contribution >= 0.6 is 11.6 Å². The minimum atomic E-state index is -3.74. The van der Waals surface area contributed by atoms with Crippen LogP contribution in [0, 0.1) is 6.92 Å². The molecule has 0 aliphatic heterocycles. The molecule has 0 radical (unpaired) electrons. The molecule has 0 aliphatic rings. The van der Waals surface area contributed by atoms with Crippen LogP contribution in [0.25, 0.3) is 0 Å². The van der Waals surface area contributed by atoms with E-state index >= 15 is 0 Å². The van der Waals surface area contributed by atoms with Crippen molar-refractivity contribution >= 4 is 21.4 Å². The maximum Gasteiger partial charge on any atom is 0.205 e. The van der Waals surface area contributed by atoms with Gasteiger partial charge in [0, 0.05) is 0 Å². The van der Waals surface area contributed by atoms with Crippen molar-refractivity contribution < 1.29 is 13.5 Å². The normalized spacial score (nSPS) is 15.3. The summed E-state index contributed by atoms with van der Waals surface area (Å²) in [7, 11) is -3.74. The Morgan fingerprint density at radius 2 is 1.75 bits per heavy atom. The van der Waals surface area contributed by atoms with E-state index in [0.717, 1.165) is 31.2 Å². The van der Waals surface area contributed by atoms with Gasteiger partial charge in [-0.1, -0.05) is 63.3 Å². The van der Waals surface area contributed by atoms with Gasteiger partial charge in [0.25, 0.3) is 0 Å². The van der Waals surface area contributed by atoms with Crippen molar-refractivity contribution in [3.63, 3.8) is 0 Å². The molecule has 2 atom stereocenters. The van der Waals surface area contributed by atoms with E-state index in [1.54, 1.807) is 30.3 Å². The van der Waals surface area contributed by atoms with Gasteiger partial charge in [-0.15, -0.1) is 11.6 Å². The second-order valence-corrected chi connectivity index (χ2v) is 8.68. The summed E-state index contributed by atoms with van der Waals surface area (Å²) in [5.74, 6) is 0. The molecule has 0 bridgehead atoms. The number of rotatable bonds is 10. The summed E-state index contributed by atoms with van der Waals surface area (Å²) in [6.07, 6.45) is 5.32. The van der Waals surface area contributed by atoms with Crippen molar-refractivity contribution in [3.05, 3.63) is 40.8 Å². The Hall–Kier alpha value is -0.840. The number of unbranched alkanes of at least 4 members (excludes halogenated alkanes) is 3. The van der Waals surface area contributed by atoms with E-state index in [4.69, 9.17) is 11.6 Å². The molecule has 1 rings (SSSR count). The first-order valence-corrected chi connectivity index (χ1v) is 10.6. The van der Waals surface area contributed by atoms with Crippen LogP contribution in [-0.2, 0) is 9.84 Å². The summed E-state index contributed by atoms with van der Waals surface area (Å²) in [5.41, 5.74) is 0.990. The molecular formula is C19H29ClO3S. The van der Waals surface area contributed by atoms with Crippen LogP contribution in [0.3, 0.4) is 0 Å². The first kappa shape index (κ1) is 21.2. The smallest absolute Gasteiger partial charge is 0.205 e. The average molecular weight is 373 g/mol. The lowest BCUT2D eigenvalue weighted by molar-refractivity contribution is 0.206. The molecule has 3 nitrogen and oxygen atoms in total. The van der Waals surface area contributed by atoms with Gasteiger partial charge in [-0.25, -0.2) is 8.42 Å². The van der Waals surface area contributed by atoms with Crippen molar-refractivity contribution in [1.29, 1.82) is 0 Å². The first-order valence-electron chi connectivity index (χ1n) is 8.68. The zero-order valence-electron chi connectivity index (χ0n) is 14.8. The zero-order valence-corrected chi connectivity index (χ0v) is 16.4. The van der Waals surface area contributed by atoms with Crippen LogP contribution < -0.4 is 0 Å². The number of sulfone groups is 1. The van der Waals surface area contributed by atoms with Gasteiger partial charge >= 0.3 is 0 Å². The fraction of sp³-hybridized carbons (Fsp3) is 0.579. The summed E-state index contributed by atoms with van der Waals surface area (Å²) in [5, 5.41) is 9.98. The average Bonchev–Trinajstić information content (AvgIpc) is 2.56. The highest BCUT2D eigenvalue weighted by Crippen LogP contribution is 2.28. The zero-order chi connectivity index (χ0) is 18.2. The molecule has 1 aromatic carbocycles. The van der Waals surface area contributed by atoms with Crippen molar-refractivity contribution in [2.75, 3.05) is 0 Å². The Bertz CT molecular complexity index is 621. The van der Waals surface area contributed by atoms with Gasteiger partial charge in [0.05, 0.1) is 15.2 Å². The molecule has 0 heterocycles. The Morgan fingerprint density at radius 1 is 1.17 bits per heavy atom. The lowest BCUT2D eigenvalue weighted by Crippen LogP contribution is -2.28. The fourth-order valence-corrected chi connectivity index (χ4v) is 4.38. The van der Waals surface area contributed by atoms with E-state index in [-0.39, 0.29) is 9.80 Å². The number of hydrogen-bond donors (Lipinski definition) is 1. The molecule has 0 saturated heterocycles. The third kappa shape index (κ3) is 5.91. The van der Waals surface area contributed by atoms with Crippen LogP contribution in [0.4, 0.5) is 0 Å². The van der Waals surface area contributed by atoms with Gasteiger partial charge < -0.3 is 5.11 Å². The van der Waals surface area contributed by atoms with Gasteiger partial charge in [0.15, 0.2) is 0 Å². The topological polar surface area (TPSA) is 54.4 Å². The molecule has 0 spiro atoms. The standard InChI is InChI=1S/C19H29ClO3S/c1-4-6-8-10-18(19(21)17(20)9-7-5-2)24(22,23)16-13-11-15(3)12-14-16/h10-14,17,19,21H,4-9H2,1-3H3/t17-,19-/m0/s1. The maximum absolute atomic E-state index is 13.0. The molecule has 0 aliphatic carbocycles. The lowest BCUT2D eigenvalue weighted by atomic mass is 10.1. The highest BCUT2D eigenvalue weighted by molar-refractivity contribution is 7.95. The number of hydrogen-bond acceptors (Lipinski definition) is 3. The highest BCUT2D eigenvalue weighted by atomic mass is 35.5. The number of aryl methyl sites for hydroxylation is 1. The van der Waals surface area contributed by atoms with Crippen LogP contribution in [0.5, 0.6) is 0 Å². The molecule has 1 N–H and O–H groups in total. The van der Waals surface area contributed by atoms with Crippen molar-refractivity contribution in [3.8, 4) is 0 Å². The number of aliphatic hydroxyl groups excluding tert-OH is 1. The molecule has 0 saturated carbocycles. The summed E-state index contributed by atoms with van der Waals surface area (Å²) >= 11 is 6.28. The van der Waals surface area contributed by atoms with E-state index in [1.165, 1.54) is 0 Å². The first-order chi connectivity index (χ1) is 11.3. The van der Waals surface area contributed by atoms with Crippen LogP contribution in [-0.4, -0.2) is 25.0 Å². The molecule has 0 aromatic heterocycles. The fourth-order valence-electron chi connectivity index (χ4n) is 2.43. The van der Waals surface area contributed by atoms with Crippen molar-refractivity contribution in [1.82, 2.24) is 0 Å². The van der Waals surface area contributed by atoms with Crippen molar-refractivity contribution in [2.45, 2.75) is 75.7 Å². The predicted octanol–water partition coefficient (Wildman–Crippen LogP) is 5.00. The van der Waals surface area contributed by atoms with E-state index in [2.05, 4.69) is 0 Å². The van der Waals surface area contributed by atoms with Crippen LogP contribution in [0.1, 0.15) is 57.9 Å². The van der Waals surface area contributed by atoms with E-state index in [0.29, 0.717) is 12.8 Å². The Labute approximate surface area is 151 Å². The largest absolute Gasteiger partial charge is 0.386 e. The number of allylic oxidation sites excluding steroid dienone is 1. The summed E-state index contributed by atoms with van der Waals surface area (Å²) < 4.78 is 25.9. The highest BCUT2D eigenvalue weighted by Gasteiger charge is 2.31. The van der Waals surface area contributed by atoms with Crippen molar-refractivity contribution in [2.24, 2.45) is 0 Å². The van der Waals surface area contributed by atoms with E-state index in [9.17, 15) is 13.5 Å². The van der Waals surface area contributed by atoms with Gasteiger partial charge in [-0.2, -0.15) is 0 Å². The van der Waals surface area contributed by atoms with Crippen LogP contribution in [0.15, 0.2) is 40.1 Å². The minimum Gasteiger partial charge on any atom is -0.386 e. The third-order valence-corrected chi connectivity index (χ3v) is 6.39. The number of halogens is 1. The third-order valence-electron chi connectivity index (χ3n) is 4.01. The summed E-state index contributed by atoms with van der Waals surface area (Å²) in [6, 6.07) is 6.69. The molecular weight excluding hydrogens is 344 g/mol. The number of benzene rings is 1. The molecule has 24 heavy (non-hydrogen) atoms. The van der Waals surface area contributed by atoms with Gasteiger partial charge in [0.1, 0.15) is 6.10 Å². The van der Waals surface area contributed by atoms with E-state index < -0.39 is 21.3 Å². The van der Waals surface area contributed by atoms with Gasteiger partial charge in [-0.05, 0) is 31.9 Å². The van der Waals surface area contributed by atoms with Crippen LogP contribution in [0.2, 0.25) is 0 Å². The molecule has 136 valence electrons. The second kappa shape index (κ2) is 10.2. The quantitative estimate of drug-likeness (QED) is 0.464. The number of alkyl halides is 1. The van der Waals surface area contributed by atoms with Gasteiger partial charge in [-0.3, -0.25) is 0 Å². The molecule has 0 amide bonds. The van der Waals surface area contributed by atoms with E-state index in [1.807, 2.05) is 20.8 Å². The molecule has 0 unspecified atom stereocenters. The molecule has 1 aromatic rings. The lowest BCUT2D eigenvalue weighted by Gasteiger charge is -2.20. The minimum absolute atomic E-state index is 0.0379. The summed E-state index contributed by atoms with van der Waals surface area (Å²) in [6.45, 7) is 5.99. The summed E-state index contributed by atoms with van der Waals surface area (Å²) in [4.78, 5) is 0.241. The number of aliphatic hydroxyl groups is 1. The Balaban J connectivity index is 3.16. The molecule has 0 fully saturated rings. The predicted molar refractivity (Wildman–Crippen MR) is 101 cm³/mol. The maximum atomic E-state index is 13.0. The Morgan fingerprint density at radius 3 is 2.29 bits per heavy atom. The Kier molecular flexibility index (Phi) is 9.03. The molecule has 5 heteroatoms. The van der Waals surface area contributed by atoms with Gasteiger partial charge in [0.2, 0.25) is 9.84 Å². The monoisotopic (exact) mass is 372 g/mol.